The fraction of sp³-hybridized carbons (Fsp3) is 0.250. The summed E-state index contributed by atoms with van der Waals surface area (Å²) in [4.78, 5) is 22.2. The lowest BCUT2D eigenvalue weighted by atomic mass is 10.1. The maximum atomic E-state index is 12.4. The number of aliphatic carboxylic acids is 1. The van der Waals surface area contributed by atoms with E-state index in [0.29, 0.717) is 16.0 Å². The van der Waals surface area contributed by atoms with Crippen molar-refractivity contribution < 1.29 is 46.1 Å². The van der Waals surface area contributed by atoms with Gasteiger partial charge in [0.05, 0.1) is 0 Å². The first kappa shape index (κ1) is 22.5. The standard InChI is InChI=1S/C16H14F3NO7S2/c1-8-12(27-6-11(21)22)14(15(23)24)28-13(8)9-3-2-4-10(5-9)20-29(25,26)7-16(17,18)19/h2-5,20H,6-7H2,1H3,(H,21,22)(H,23,24). The van der Waals surface area contributed by atoms with Crippen LogP contribution in [-0.2, 0) is 14.8 Å². The van der Waals surface area contributed by atoms with Crippen molar-refractivity contribution in [2.45, 2.75) is 13.1 Å². The van der Waals surface area contributed by atoms with Crippen molar-refractivity contribution in [2.75, 3.05) is 17.1 Å². The number of carbonyl (C=O) groups is 2. The molecule has 0 saturated carbocycles. The van der Waals surface area contributed by atoms with Gasteiger partial charge in [-0.2, -0.15) is 13.2 Å². The van der Waals surface area contributed by atoms with E-state index >= 15 is 0 Å². The van der Waals surface area contributed by atoms with Gasteiger partial charge in [-0.05, 0) is 24.6 Å². The van der Waals surface area contributed by atoms with E-state index in [1.807, 2.05) is 4.72 Å². The van der Waals surface area contributed by atoms with Crippen LogP contribution in [0.2, 0.25) is 0 Å². The highest BCUT2D eigenvalue weighted by atomic mass is 32.2. The van der Waals surface area contributed by atoms with Crippen LogP contribution < -0.4 is 9.46 Å². The molecule has 0 atom stereocenters. The van der Waals surface area contributed by atoms with Crippen LogP contribution >= 0.6 is 11.3 Å². The SMILES string of the molecule is Cc1c(-c2cccc(NS(=O)(=O)CC(F)(F)F)c2)sc(C(=O)O)c1OCC(=O)O. The van der Waals surface area contributed by atoms with E-state index in [1.54, 1.807) is 0 Å². The number of thiophene rings is 1. The minimum absolute atomic E-state index is 0.149. The van der Waals surface area contributed by atoms with Crippen LogP contribution in [0.5, 0.6) is 5.75 Å². The van der Waals surface area contributed by atoms with Crippen molar-refractivity contribution in [1.29, 1.82) is 0 Å². The average molecular weight is 453 g/mol. The highest BCUT2D eigenvalue weighted by Gasteiger charge is 2.35. The van der Waals surface area contributed by atoms with Gasteiger partial charge < -0.3 is 14.9 Å². The number of alkyl halides is 3. The third-order valence-corrected chi connectivity index (χ3v) is 5.94. The van der Waals surface area contributed by atoms with Gasteiger partial charge in [-0.15, -0.1) is 11.3 Å². The van der Waals surface area contributed by atoms with E-state index in [0.717, 1.165) is 11.3 Å². The summed E-state index contributed by atoms with van der Waals surface area (Å²) in [6, 6.07) is 5.34. The lowest BCUT2D eigenvalue weighted by molar-refractivity contribution is -0.139. The number of anilines is 1. The van der Waals surface area contributed by atoms with E-state index in [9.17, 15) is 36.3 Å². The summed E-state index contributed by atoms with van der Waals surface area (Å²) >= 11 is 0.761. The molecule has 0 amide bonds. The van der Waals surface area contributed by atoms with E-state index in [-0.39, 0.29) is 16.3 Å². The van der Waals surface area contributed by atoms with Crippen molar-refractivity contribution in [1.82, 2.24) is 0 Å². The number of halogens is 3. The summed E-state index contributed by atoms with van der Waals surface area (Å²) < 4.78 is 67.3. The normalized spacial score (nSPS) is 11.9. The van der Waals surface area contributed by atoms with Crippen LogP contribution in [-0.4, -0.2) is 49.1 Å². The highest BCUT2D eigenvalue weighted by molar-refractivity contribution is 7.92. The molecular formula is C16H14F3NO7S2. The van der Waals surface area contributed by atoms with Crippen LogP contribution in [0.3, 0.4) is 0 Å². The number of nitrogens with one attached hydrogen (secondary N) is 1. The summed E-state index contributed by atoms with van der Waals surface area (Å²) in [5.74, 6) is -4.87. The van der Waals surface area contributed by atoms with Crippen LogP contribution in [0.15, 0.2) is 24.3 Å². The molecule has 158 valence electrons. The van der Waals surface area contributed by atoms with E-state index in [1.165, 1.54) is 31.2 Å². The fourth-order valence-corrected chi connectivity index (χ4v) is 4.45. The number of benzene rings is 1. The zero-order chi connectivity index (χ0) is 22.0. The number of carboxylic acids is 2. The Kier molecular flexibility index (Phi) is 6.43. The smallest absolute Gasteiger partial charge is 0.404 e. The first-order chi connectivity index (χ1) is 13.3. The van der Waals surface area contributed by atoms with E-state index in [4.69, 9.17) is 9.84 Å². The maximum Gasteiger partial charge on any atom is 0.404 e. The Labute approximate surface area is 166 Å². The quantitative estimate of drug-likeness (QED) is 0.560. The molecule has 0 fully saturated rings. The lowest BCUT2D eigenvalue weighted by Gasteiger charge is -2.11. The number of sulfonamides is 1. The van der Waals surface area contributed by atoms with Gasteiger partial charge in [-0.1, -0.05) is 12.1 Å². The van der Waals surface area contributed by atoms with Gasteiger partial charge in [0, 0.05) is 16.1 Å². The first-order valence-corrected chi connectivity index (χ1v) is 10.1. The molecule has 1 heterocycles. The fourth-order valence-electron chi connectivity index (χ4n) is 2.38. The predicted octanol–water partition coefficient (Wildman–Crippen LogP) is 3.19. The molecule has 3 N–H and O–H groups in total. The Hall–Kier alpha value is -2.80. The van der Waals surface area contributed by atoms with Gasteiger partial charge in [0.2, 0.25) is 10.0 Å². The molecule has 0 unspecified atom stereocenters. The van der Waals surface area contributed by atoms with Gasteiger partial charge in [0.15, 0.2) is 17.2 Å². The lowest BCUT2D eigenvalue weighted by Crippen LogP contribution is -2.27. The molecule has 13 heteroatoms. The number of aromatic carboxylic acids is 1. The van der Waals surface area contributed by atoms with E-state index in [2.05, 4.69) is 0 Å². The number of carboxylic acid groups (broad SMARTS) is 2. The molecule has 0 aliphatic carbocycles. The Morgan fingerprint density at radius 3 is 2.45 bits per heavy atom. The molecule has 29 heavy (non-hydrogen) atoms. The Morgan fingerprint density at radius 2 is 1.90 bits per heavy atom. The Morgan fingerprint density at radius 1 is 1.24 bits per heavy atom. The Bertz CT molecular complexity index is 1050. The van der Waals surface area contributed by atoms with Crippen LogP contribution in [0, 0.1) is 6.92 Å². The van der Waals surface area contributed by atoms with E-state index < -0.39 is 40.5 Å². The molecule has 1 aromatic carbocycles. The first-order valence-electron chi connectivity index (χ1n) is 7.68. The van der Waals surface area contributed by atoms with Crippen molar-refractivity contribution in [3.05, 3.63) is 34.7 Å². The zero-order valence-electron chi connectivity index (χ0n) is 14.6. The average Bonchev–Trinajstić information content (AvgIpc) is 2.87. The summed E-state index contributed by atoms with van der Waals surface area (Å²) in [7, 11) is -4.69. The van der Waals surface area contributed by atoms with Gasteiger partial charge in [-0.25, -0.2) is 18.0 Å². The summed E-state index contributed by atoms with van der Waals surface area (Å²) in [5, 5.41) is 18.0. The molecule has 0 radical (unpaired) electrons. The molecule has 0 aliphatic heterocycles. The molecule has 0 saturated heterocycles. The van der Waals surface area contributed by atoms with Crippen molar-refractivity contribution in [3.63, 3.8) is 0 Å². The second kappa shape index (κ2) is 8.29. The monoisotopic (exact) mass is 453 g/mol. The molecule has 2 aromatic rings. The van der Waals surface area contributed by atoms with Gasteiger partial charge in [-0.3, -0.25) is 4.72 Å². The molecule has 8 nitrogen and oxygen atoms in total. The van der Waals surface area contributed by atoms with Crippen LogP contribution in [0.25, 0.3) is 10.4 Å². The van der Waals surface area contributed by atoms with Gasteiger partial charge >= 0.3 is 18.1 Å². The van der Waals surface area contributed by atoms with Gasteiger partial charge in [0.1, 0.15) is 5.75 Å². The van der Waals surface area contributed by atoms with Crippen molar-refractivity contribution >= 4 is 39.0 Å². The molecule has 2 rings (SSSR count). The van der Waals surface area contributed by atoms with Crippen molar-refractivity contribution in [3.8, 4) is 16.2 Å². The van der Waals surface area contributed by atoms with Gasteiger partial charge in [0.25, 0.3) is 0 Å². The minimum Gasteiger partial charge on any atom is -0.480 e. The topological polar surface area (TPSA) is 130 Å². The Balaban J connectivity index is 2.41. The van der Waals surface area contributed by atoms with Crippen molar-refractivity contribution in [2.24, 2.45) is 0 Å². The molecule has 0 bridgehead atoms. The number of hydrogen-bond donors (Lipinski definition) is 3. The zero-order valence-corrected chi connectivity index (χ0v) is 16.2. The number of hydrogen-bond acceptors (Lipinski definition) is 6. The van der Waals surface area contributed by atoms with Crippen LogP contribution in [0.4, 0.5) is 18.9 Å². The number of rotatable bonds is 8. The summed E-state index contributed by atoms with van der Waals surface area (Å²) in [6.45, 7) is 0.713. The minimum atomic E-state index is -4.92. The predicted molar refractivity (Wildman–Crippen MR) is 98.0 cm³/mol. The highest BCUT2D eigenvalue weighted by Crippen LogP contribution is 2.42. The molecule has 1 aromatic heterocycles. The maximum absolute atomic E-state index is 12.4. The van der Waals surface area contributed by atoms with Crippen LogP contribution in [0.1, 0.15) is 15.2 Å². The molecule has 0 spiro atoms. The third-order valence-electron chi connectivity index (χ3n) is 3.38. The second-order valence-corrected chi connectivity index (χ2v) is 8.50. The summed E-state index contributed by atoms with van der Waals surface area (Å²) in [6.07, 6.45) is -4.92. The summed E-state index contributed by atoms with van der Waals surface area (Å²) in [5.41, 5.74) is 0.459. The molecule has 0 aliphatic rings. The largest absolute Gasteiger partial charge is 0.480 e. The number of ether oxygens (including phenoxy) is 1. The third kappa shape index (κ3) is 6.09. The molecular weight excluding hydrogens is 439 g/mol. The second-order valence-electron chi connectivity index (χ2n) is 5.76.